The molecule has 380 valence electrons. The molecule has 0 radical (unpaired) electrons. The van der Waals surface area contributed by atoms with E-state index in [1.807, 2.05) is 0 Å². The van der Waals surface area contributed by atoms with Crippen LogP contribution in [0.25, 0.3) is 0 Å². The van der Waals surface area contributed by atoms with Gasteiger partial charge in [0.1, 0.15) is 42.7 Å². The summed E-state index contributed by atoms with van der Waals surface area (Å²) in [5.74, 6) is -0.483. The van der Waals surface area contributed by atoms with Crippen molar-refractivity contribution < 1.29 is 58.3 Å². The molecule has 12 nitrogen and oxygen atoms in total. The molecule has 0 aromatic heterocycles. The van der Waals surface area contributed by atoms with Gasteiger partial charge in [-0.15, -0.1) is 0 Å². The van der Waals surface area contributed by atoms with Crippen molar-refractivity contribution in [3.8, 4) is 0 Å². The molecule has 0 spiro atoms. The summed E-state index contributed by atoms with van der Waals surface area (Å²) >= 11 is 0. The van der Waals surface area contributed by atoms with Crippen LogP contribution >= 0.6 is 7.82 Å². The zero-order chi connectivity index (χ0) is 47.6. The Bertz CT molecular complexity index is 1260. The highest BCUT2D eigenvalue weighted by molar-refractivity contribution is 7.47. The SMILES string of the molecule is CC/C=C\C/C=C\C/C=C\C/C=C\CCCCCCCCCCC(=O)OC(COCCCCCCCCCCCCCCCCCCC)COP(=O)(O)OC1C(O)C(O)C(O)C(O)C1O. The van der Waals surface area contributed by atoms with Crippen molar-refractivity contribution in [1.29, 1.82) is 0 Å². The van der Waals surface area contributed by atoms with E-state index in [9.17, 15) is 39.8 Å². The summed E-state index contributed by atoms with van der Waals surface area (Å²) in [6.45, 7) is 4.17. The molecule has 0 amide bonds. The highest BCUT2D eigenvalue weighted by Gasteiger charge is 2.51. The second kappa shape index (κ2) is 42.4. The van der Waals surface area contributed by atoms with Crippen LogP contribution < -0.4 is 0 Å². The van der Waals surface area contributed by atoms with Crippen molar-refractivity contribution in [2.24, 2.45) is 0 Å². The molecule has 0 heterocycles. The Labute approximate surface area is 395 Å². The number of unbranched alkanes of at least 4 members (excludes halogenated alkanes) is 24. The number of ether oxygens (including phenoxy) is 2. The van der Waals surface area contributed by atoms with Gasteiger partial charge in [0.15, 0.2) is 0 Å². The van der Waals surface area contributed by atoms with E-state index in [0.29, 0.717) is 13.0 Å². The Morgan fingerprint density at radius 3 is 1.38 bits per heavy atom. The fourth-order valence-corrected chi connectivity index (χ4v) is 8.85. The minimum Gasteiger partial charge on any atom is -0.457 e. The Kier molecular flexibility index (Phi) is 40.0. The van der Waals surface area contributed by atoms with Gasteiger partial charge in [-0.25, -0.2) is 4.57 Å². The maximum absolute atomic E-state index is 12.9. The maximum atomic E-state index is 12.9. The summed E-state index contributed by atoms with van der Waals surface area (Å²) in [5, 5.41) is 50.3. The molecule has 0 saturated heterocycles. The lowest BCUT2D eigenvalue weighted by Gasteiger charge is -2.41. The minimum atomic E-state index is -5.02. The third kappa shape index (κ3) is 34.3. The maximum Gasteiger partial charge on any atom is 0.472 e. The number of carbonyl (C=O) groups excluding carboxylic acids is 1. The van der Waals surface area contributed by atoms with Crippen LogP contribution in [0.15, 0.2) is 48.6 Å². The average molecular weight is 943 g/mol. The molecule has 6 unspecified atom stereocenters. The van der Waals surface area contributed by atoms with E-state index in [1.54, 1.807) is 0 Å². The Hall–Kier alpha value is -1.70. The number of phosphoric ester groups is 1. The highest BCUT2D eigenvalue weighted by Crippen LogP contribution is 2.47. The second-order valence-corrected chi connectivity index (χ2v) is 19.4. The molecule has 0 bridgehead atoms. The van der Waals surface area contributed by atoms with Crippen LogP contribution in [0.3, 0.4) is 0 Å². The third-order valence-electron chi connectivity index (χ3n) is 12.0. The van der Waals surface area contributed by atoms with Crippen molar-refractivity contribution in [1.82, 2.24) is 0 Å². The van der Waals surface area contributed by atoms with Crippen molar-refractivity contribution in [3.63, 3.8) is 0 Å². The molecule has 65 heavy (non-hydrogen) atoms. The summed E-state index contributed by atoms with van der Waals surface area (Å²) in [6, 6.07) is 0. The number of hydrogen-bond donors (Lipinski definition) is 6. The van der Waals surface area contributed by atoms with Crippen LogP contribution in [0.5, 0.6) is 0 Å². The summed E-state index contributed by atoms with van der Waals surface area (Å²) in [7, 11) is -5.02. The molecule has 13 heteroatoms. The van der Waals surface area contributed by atoms with E-state index in [0.717, 1.165) is 77.0 Å². The summed E-state index contributed by atoms with van der Waals surface area (Å²) in [5.41, 5.74) is 0. The van der Waals surface area contributed by atoms with E-state index in [1.165, 1.54) is 109 Å². The van der Waals surface area contributed by atoms with Crippen molar-refractivity contribution in [3.05, 3.63) is 48.6 Å². The van der Waals surface area contributed by atoms with Crippen LogP contribution in [0.2, 0.25) is 0 Å². The normalized spacial score (nSPS) is 21.9. The lowest BCUT2D eigenvalue weighted by molar-refractivity contribution is -0.220. The number of aliphatic hydroxyl groups is 5. The molecule has 1 rings (SSSR count). The summed E-state index contributed by atoms with van der Waals surface area (Å²) in [4.78, 5) is 23.3. The first-order chi connectivity index (χ1) is 31.5. The Morgan fingerprint density at radius 2 is 0.908 bits per heavy atom. The van der Waals surface area contributed by atoms with E-state index in [4.69, 9.17) is 18.5 Å². The standard InChI is InChI=1S/C52H95O12P/c1-3-5-7-9-11-13-15-17-19-21-22-23-24-25-27-29-31-33-35-37-39-41-46(53)63-45(44-62-65(59,60)64-52-50(57)48(55)47(54)49(56)51(52)58)43-61-42-40-38-36-34-32-30-28-26-20-18-16-14-12-10-8-6-4-2/h5,7,11,13,17,19,22-23,45,47-52,54-58H,3-4,6,8-10,12,14-16,18,20-21,24-44H2,1-2H3,(H,59,60)/b7-5-,13-11-,19-17-,23-22-. The number of esters is 1. The quantitative estimate of drug-likeness (QED) is 0.0147. The molecule has 1 aliphatic rings. The van der Waals surface area contributed by atoms with E-state index >= 15 is 0 Å². The van der Waals surface area contributed by atoms with Gasteiger partial charge in [-0.2, -0.15) is 0 Å². The number of rotatable bonds is 44. The first-order valence-corrected chi connectivity index (χ1v) is 27.5. The number of phosphoric acid groups is 1. The molecular weight excluding hydrogens is 848 g/mol. The average Bonchev–Trinajstić information content (AvgIpc) is 3.29. The van der Waals surface area contributed by atoms with Gasteiger partial charge >= 0.3 is 13.8 Å². The second-order valence-electron chi connectivity index (χ2n) is 18.0. The number of allylic oxidation sites excluding steroid dienone is 8. The van der Waals surface area contributed by atoms with E-state index in [-0.39, 0.29) is 13.0 Å². The van der Waals surface area contributed by atoms with Crippen LogP contribution in [-0.4, -0.2) is 98.9 Å². The van der Waals surface area contributed by atoms with Crippen LogP contribution in [0.4, 0.5) is 0 Å². The van der Waals surface area contributed by atoms with Crippen LogP contribution in [-0.2, 0) is 27.9 Å². The predicted molar refractivity (Wildman–Crippen MR) is 262 cm³/mol. The fraction of sp³-hybridized carbons (Fsp3) is 0.827. The molecule has 6 atom stereocenters. The topological polar surface area (TPSA) is 192 Å². The predicted octanol–water partition coefficient (Wildman–Crippen LogP) is 11.6. The molecule has 0 aromatic carbocycles. The van der Waals surface area contributed by atoms with E-state index in [2.05, 4.69) is 62.5 Å². The van der Waals surface area contributed by atoms with Gasteiger partial charge in [-0.3, -0.25) is 13.8 Å². The van der Waals surface area contributed by atoms with Gasteiger partial charge in [0.2, 0.25) is 0 Å². The Morgan fingerprint density at radius 1 is 0.508 bits per heavy atom. The van der Waals surface area contributed by atoms with Gasteiger partial charge in [0, 0.05) is 13.0 Å². The highest BCUT2D eigenvalue weighted by atomic mass is 31.2. The smallest absolute Gasteiger partial charge is 0.457 e. The van der Waals surface area contributed by atoms with Crippen molar-refractivity contribution in [2.75, 3.05) is 19.8 Å². The molecule has 6 N–H and O–H groups in total. The molecule has 1 saturated carbocycles. The van der Waals surface area contributed by atoms with Gasteiger partial charge in [0.05, 0.1) is 13.2 Å². The lowest BCUT2D eigenvalue weighted by atomic mass is 9.85. The van der Waals surface area contributed by atoms with Crippen LogP contribution in [0, 0.1) is 0 Å². The molecule has 0 aromatic rings. The monoisotopic (exact) mass is 943 g/mol. The molecule has 0 aliphatic heterocycles. The number of carbonyl (C=O) groups is 1. The van der Waals surface area contributed by atoms with Gasteiger partial charge in [-0.1, -0.05) is 204 Å². The summed E-state index contributed by atoms with van der Waals surface area (Å²) < 4.78 is 34.3. The zero-order valence-electron chi connectivity index (χ0n) is 40.8. The first-order valence-electron chi connectivity index (χ1n) is 26.0. The molecular formula is C52H95O12P. The van der Waals surface area contributed by atoms with Crippen molar-refractivity contribution >= 4 is 13.8 Å². The largest absolute Gasteiger partial charge is 0.472 e. The van der Waals surface area contributed by atoms with Gasteiger partial charge in [0.25, 0.3) is 0 Å². The summed E-state index contributed by atoms with van der Waals surface area (Å²) in [6.07, 6.45) is 40.3. The lowest BCUT2D eigenvalue weighted by Crippen LogP contribution is -2.64. The fourth-order valence-electron chi connectivity index (χ4n) is 7.88. The van der Waals surface area contributed by atoms with Crippen LogP contribution in [0.1, 0.15) is 213 Å². The van der Waals surface area contributed by atoms with Gasteiger partial charge in [-0.05, 0) is 51.4 Å². The number of hydrogen-bond acceptors (Lipinski definition) is 11. The van der Waals surface area contributed by atoms with E-state index < -0.39 is 63.1 Å². The molecule has 1 fully saturated rings. The molecule has 1 aliphatic carbocycles. The Balaban J connectivity index is 2.34. The minimum absolute atomic E-state index is 0.0782. The number of aliphatic hydroxyl groups excluding tert-OH is 5. The zero-order valence-corrected chi connectivity index (χ0v) is 41.7. The van der Waals surface area contributed by atoms with Crippen molar-refractivity contribution in [2.45, 2.75) is 256 Å². The van der Waals surface area contributed by atoms with Gasteiger partial charge < -0.3 is 39.9 Å². The third-order valence-corrected chi connectivity index (χ3v) is 13.0. The first kappa shape index (κ1) is 61.3.